The first kappa shape index (κ1) is 27.2. The molecule has 1 aromatic heterocycles. The first-order chi connectivity index (χ1) is 17.6. The van der Waals surface area contributed by atoms with Crippen LogP contribution in [0, 0.1) is 11.8 Å². The number of β-lactam (4-membered cyclic amide) rings is 1. The lowest BCUT2D eigenvalue weighted by molar-refractivity contribution is -0.671. The van der Waals surface area contributed by atoms with Gasteiger partial charge in [-0.2, -0.15) is 0 Å². The van der Waals surface area contributed by atoms with Crippen molar-refractivity contribution in [3.05, 3.63) is 41.5 Å². The SMILES string of the molecule is C=CCOC(=O)N1C[C@@H](SC2=C(C(=O)O)N3C(=O)[C@H]([C@@H](C)O)[C@H]3[C@H]2C)C[C@H]1CCn1c[n+](C)cc1CO. The fraction of sp³-hybridized carbons (Fsp3) is 0.600. The summed E-state index contributed by atoms with van der Waals surface area (Å²) in [5, 5.41) is 29.6. The van der Waals surface area contributed by atoms with Gasteiger partial charge in [-0.05, 0) is 13.3 Å². The van der Waals surface area contributed by atoms with Crippen LogP contribution in [0.25, 0.3) is 0 Å². The molecule has 3 aliphatic rings. The van der Waals surface area contributed by atoms with Crippen LogP contribution in [0.3, 0.4) is 0 Å². The number of aromatic nitrogens is 2. The van der Waals surface area contributed by atoms with E-state index in [2.05, 4.69) is 6.58 Å². The van der Waals surface area contributed by atoms with Gasteiger partial charge in [0.2, 0.25) is 12.2 Å². The molecule has 0 radical (unpaired) electrons. The lowest BCUT2D eigenvalue weighted by Crippen LogP contribution is -2.63. The van der Waals surface area contributed by atoms with Crippen LogP contribution >= 0.6 is 11.8 Å². The number of carboxylic acids is 1. The molecule has 0 aliphatic carbocycles. The van der Waals surface area contributed by atoms with Gasteiger partial charge in [-0.3, -0.25) is 4.79 Å². The Morgan fingerprint density at radius 1 is 1.41 bits per heavy atom. The molecule has 2 saturated heterocycles. The Balaban J connectivity index is 1.53. The van der Waals surface area contributed by atoms with Crippen LogP contribution < -0.4 is 4.57 Å². The highest BCUT2D eigenvalue weighted by atomic mass is 32.2. The Bertz CT molecular complexity index is 1120. The third-order valence-corrected chi connectivity index (χ3v) is 8.94. The van der Waals surface area contributed by atoms with Crippen LogP contribution in [0.1, 0.15) is 32.4 Å². The van der Waals surface area contributed by atoms with Crippen molar-refractivity contribution in [3.8, 4) is 0 Å². The molecule has 2 amide bonds. The van der Waals surface area contributed by atoms with Gasteiger partial charge in [-0.25, -0.2) is 18.7 Å². The molecular formula is C25H35N4O7S+. The van der Waals surface area contributed by atoms with Crippen molar-refractivity contribution in [1.29, 1.82) is 0 Å². The fourth-order valence-electron chi connectivity index (χ4n) is 5.79. The Hall–Kier alpha value is -2.83. The average molecular weight is 536 g/mol. The van der Waals surface area contributed by atoms with Gasteiger partial charge in [0, 0.05) is 35.1 Å². The van der Waals surface area contributed by atoms with E-state index in [0.29, 0.717) is 30.8 Å². The summed E-state index contributed by atoms with van der Waals surface area (Å²) in [6.45, 7) is 8.00. The van der Waals surface area contributed by atoms with Gasteiger partial charge in [0.25, 0.3) is 0 Å². The molecule has 0 unspecified atom stereocenters. The number of thioether (sulfide) groups is 1. The maximum absolute atomic E-state index is 12.9. The summed E-state index contributed by atoms with van der Waals surface area (Å²) in [7, 11) is 1.88. The van der Waals surface area contributed by atoms with Crippen LogP contribution in [-0.2, 0) is 34.5 Å². The van der Waals surface area contributed by atoms with E-state index >= 15 is 0 Å². The van der Waals surface area contributed by atoms with Crippen molar-refractivity contribution >= 4 is 29.7 Å². The van der Waals surface area contributed by atoms with Crippen molar-refractivity contribution in [2.45, 2.75) is 63.3 Å². The van der Waals surface area contributed by atoms with Crippen LogP contribution in [0.5, 0.6) is 0 Å². The zero-order chi connectivity index (χ0) is 27.0. The second kappa shape index (κ2) is 10.9. The average Bonchev–Trinajstić information content (AvgIpc) is 3.48. The first-order valence-corrected chi connectivity index (χ1v) is 13.3. The lowest BCUT2D eigenvalue weighted by Gasteiger charge is -2.46. The number of hydrogen-bond acceptors (Lipinski definition) is 7. The molecule has 2 fully saturated rings. The van der Waals surface area contributed by atoms with E-state index in [4.69, 9.17) is 4.74 Å². The van der Waals surface area contributed by atoms with Gasteiger partial charge in [-0.1, -0.05) is 19.6 Å². The highest BCUT2D eigenvalue weighted by Crippen LogP contribution is 2.52. The Morgan fingerprint density at radius 3 is 2.76 bits per heavy atom. The molecule has 11 nitrogen and oxygen atoms in total. The molecule has 1 aromatic rings. The minimum absolute atomic E-state index is 0.0129. The normalized spacial score (nSPS) is 27.8. The third-order valence-electron chi connectivity index (χ3n) is 7.45. The molecule has 4 heterocycles. The van der Waals surface area contributed by atoms with Crippen LogP contribution in [0.15, 0.2) is 35.8 Å². The summed E-state index contributed by atoms with van der Waals surface area (Å²) < 4.78 is 9.14. The standard InChI is InChI=1S/C25H34N4O7S/c1-5-8-36-25(35)28-11-18(9-16(28)6-7-27-13-26(4)10-17(27)12-30)37-22-14(2)20-19(15(3)31)23(32)29(20)21(22)24(33)34/h5,10,13-16,18-20,30-31H,1,6-9,11-12H2,2-4H3/p+1/t14-,15-,16-,18+,19-,20-/m1/s1. The monoisotopic (exact) mass is 535 g/mol. The van der Waals surface area contributed by atoms with Gasteiger partial charge in [-0.15, -0.1) is 11.8 Å². The van der Waals surface area contributed by atoms with Gasteiger partial charge >= 0.3 is 12.1 Å². The predicted octanol–water partition coefficient (Wildman–Crippen LogP) is 0.847. The summed E-state index contributed by atoms with van der Waals surface area (Å²) in [4.78, 5) is 41.3. The molecule has 0 bridgehead atoms. The molecule has 0 aromatic carbocycles. The van der Waals surface area contributed by atoms with Crippen LogP contribution in [-0.4, -0.2) is 84.2 Å². The summed E-state index contributed by atoms with van der Waals surface area (Å²) in [5.41, 5.74) is 0.756. The molecule has 3 aliphatic heterocycles. The molecule has 37 heavy (non-hydrogen) atoms. The number of aliphatic hydroxyl groups excluding tert-OH is 2. The number of hydrogen-bond donors (Lipinski definition) is 3. The number of carbonyl (C=O) groups is 3. The van der Waals surface area contributed by atoms with Crippen molar-refractivity contribution in [3.63, 3.8) is 0 Å². The van der Waals surface area contributed by atoms with Crippen molar-refractivity contribution in [2.75, 3.05) is 13.2 Å². The number of aryl methyl sites for hydroxylation is 2. The number of aliphatic carboxylic acids is 1. The Kier molecular flexibility index (Phi) is 8.00. The summed E-state index contributed by atoms with van der Waals surface area (Å²) in [6, 6.07) is -0.526. The number of fused-ring (bicyclic) bond motifs is 1. The third kappa shape index (κ3) is 5.01. The van der Waals surface area contributed by atoms with Gasteiger partial charge in [0.05, 0.1) is 31.7 Å². The minimum Gasteiger partial charge on any atom is -0.477 e. The highest BCUT2D eigenvalue weighted by Gasteiger charge is 2.60. The predicted molar refractivity (Wildman–Crippen MR) is 134 cm³/mol. The summed E-state index contributed by atoms with van der Waals surface area (Å²) in [5.74, 6) is -2.38. The number of amides is 2. The zero-order valence-electron chi connectivity index (χ0n) is 21.3. The lowest BCUT2D eigenvalue weighted by atomic mass is 9.79. The molecule has 4 rings (SSSR count). The second-order valence-corrected chi connectivity index (χ2v) is 11.3. The van der Waals surface area contributed by atoms with Gasteiger partial charge in [0.1, 0.15) is 25.1 Å². The number of likely N-dealkylation sites (tertiary alicyclic amines) is 1. The van der Waals surface area contributed by atoms with Crippen LogP contribution in [0.2, 0.25) is 0 Å². The van der Waals surface area contributed by atoms with E-state index in [1.54, 1.807) is 11.8 Å². The smallest absolute Gasteiger partial charge is 0.410 e. The maximum Gasteiger partial charge on any atom is 0.410 e. The van der Waals surface area contributed by atoms with E-state index < -0.39 is 24.1 Å². The first-order valence-electron chi connectivity index (χ1n) is 12.4. The Morgan fingerprint density at radius 2 is 2.14 bits per heavy atom. The molecule has 0 saturated carbocycles. The zero-order valence-corrected chi connectivity index (χ0v) is 22.1. The second-order valence-electron chi connectivity index (χ2n) is 9.96. The van der Waals surface area contributed by atoms with Crippen LogP contribution in [0.4, 0.5) is 4.79 Å². The number of ether oxygens (including phenoxy) is 1. The maximum atomic E-state index is 12.9. The van der Waals surface area contributed by atoms with E-state index in [1.807, 2.05) is 35.6 Å². The number of carboxylic acid groups (broad SMARTS) is 1. The fourth-order valence-corrected chi connectivity index (χ4v) is 7.35. The summed E-state index contributed by atoms with van der Waals surface area (Å²) in [6.07, 6.45) is 5.17. The molecule has 0 spiro atoms. The largest absolute Gasteiger partial charge is 0.477 e. The molecular weight excluding hydrogens is 500 g/mol. The van der Waals surface area contributed by atoms with E-state index in [1.165, 1.54) is 22.7 Å². The number of aliphatic hydroxyl groups is 2. The van der Waals surface area contributed by atoms with Crippen molar-refractivity contribution in [1.82, 2.24) is 14.4 Å². The molecule has 3 N–H and O–H groups in total. The minimum atomic E-state index is -1.16. The van der Waals surface area contributed by atoms with Gasteiger partial charge in [0.15, 0.2) is 5.69 Å². The quantitative estimate of drug-likeness (QED) is 0.228. The number of nitrogens with zero attached hydrogens (tertiary/aromatic N) is 4. The van der Waals surface area contributed by atoms with Crippen molar-refractivity contribution < 1.29 is 39.0 Å². The topological polar surface area (TPSA) is 136 Å². The number of carbonyl (C=O) groups excluding carboxylic acids is 2. The molecule has 6 atom stereocenters. The Labute approximate surface area is 220 Å². The number of imidazole rings is 1. The van der Waals surface area contributed by atoms with Gasteiger partial charge < -0.3 is 29.9 Å². The summed E-state index contributed by atoms with van der Waals surface area (Å²) >= 11 is 1.41. The van der Waals surface area contributed by atoms with Crippen molar-refractivity contribution in [2.24, 2.45) is 18.9 Å². The molecule has 202 valence electrons. The number of rotatable bonds is 10. The highest BCUT2D eigenvalue weighted by molar-refractivity contribution is 8.03. The van der Waals surface area contributed by atoms with E-state index in [-0.39, 0.29) is 48.1 Å². The van der Waals surface area contributed by atoms with E-state index in [0.717, 1.165) is 5.69 Å². The van der Waals surface area contributed by atoms with E-state index in [9.17, 15) is 29.7 Å². The molecule has 12 heteroatoms.